The van der Waals surface area contributed by atoms with Crippen LogP contribution in [0.2, 0.25) is 0 Å². The molecule has 0 spiro atoms. The normalized spacial score (nSPS) is 13.2. The van der Waals surface area contributed by atoms with Crippen molar-refractivity contribution in [3.63, 3.8) is 0 Å². The van der Waals surface area contributed by atoms with Gasteiger partial charge in [-0.15, -0.1) is 0 Å². The summed E-state index contributed by atoms with van der Waals surface area (Å²) in [5.74, 6) is -0.175. The van der Waals surface area contributed by atoms with E-state index in [0.717, 1.165) is 35.2 Å². The van der Waals surface area contributed by atoms with Crippen molar-refractivity contribution in [1.82, 2.24) is 9.72 Å². The minimum absolute atomic E-state index is 0.178. The molecule has 0 bridgehead atoms. The van der Waals surface area contributed by atoms with Gasteiger partial charge in [-0.1, -0.05) is 12.1 Å². The summed E-state index contributed by atoms with van der Waals surface area (Å²) in [7, 11) is 0. The topological polar surface area (TPSA) is 79.7 Å². The number of fused-ring (bicyclic) bond motifs is 3. The Morgan fingerprint density at radius 3 is 2.79 bits per heavy atom. The molecule has 1 aliphatic rings. The number of ketones is 1. The van der Waals surface area contributed by atoms with Gasteiger partial charge in [-0.3, -0.25) is 14.4 Å². The summed E-state index contributed by atoms with van der Waals surface area (Å²) in [6, 6.07) is 12.8. The van der Waals surface area contributed by atoms with Gasteiger partial charge in [0.05, 0.1) is 5.69 Å². The molecule has 0 radical (unpaired) electrons. The third-order valence-electron chi connectivity index (χ3n) is 5.26. The number of hydrogen-bond donors (Lipinski definition) is 2. The number of Topliss-reactive ketones (excluding diaryl/α,β-unsaturated/α-hetero) is 1. The van der Waals surface area contributed by atoms with Gasteiger partial charge in [0, 0.05) is 42.9 Å². The maximum absolute atomic E-state index is 12.5. The number of benzene rings is 1. The van der Waals surface area contributed by atoms with Gasteiger partial charge >= 0.3 is 0 Å². The number of pyridine rings is 1. The van der Waals surface area contributed by atoms with Gasteiger partial charge in [0.15, 0.2) is 5.78 Å². The van der Waals surface area contributed by atoms with Gasteiger partial charge in [0.25, 0.3) is 5.91 Å². The number of carbonyl (C=O) groups excluding carboxylic acids is 3. The van der Waals surface area contributed by atoms with E-state index in [1.165, 1.54) is 6.92 Å². The smallest absolute Gasteiger partial charge is 0.251 e. The summed E-state index contributed by atoms with van der Waals surface area (Å²) < 4.78 is 1.99. The lowest BCUT2D eigenvalue weighted by Gasteiger charge is -2.13. The Labute approximate surface area is 168 Å². The number of amides is 2. The van der Waals surface area contributed by atoms with E-state index < -0.39 is 0 Å². The second kappa shape index (κ2) is 7.91. The number of rotatable bonds is 5. The highest BCUT2D eigenvalue weighted by molar-refractivity contribution is 5.99. The highest BCUT2D eigenvalue weighted by atomic mass is 16.2. The van der Waals surface area contributed by atoms with Crippen molar-refractivity contribution < 1.29 is 14.4 Å². The van der Waals surface area contributed by atoms with E-state index in [1.807, 2.05) is 28.8 Å². The molecular formula is C23H23N3O3. The Balaban J connectivity index is 1.50. The number of aromatic nitrogens is 1. The molecule has 0 unspecified atom stereocenters. The van der Waals surface area contributed by atoms with Gasteiger partial charge in [-0.2, -0.15) is 0 Å². The van der Waals surface area contributed by atoms with Crippen LogP contribution < -0.4 is 10.6 Å². The monoisotopic (exact) mass is 389 g/mol. The van der Waals surface area contributed by atoms with Crippen molar-refractivity contribution in [2.45, 2.75) is 32.6 Å². The number of nitrogens with one attached hydrogen (secondary N) is 2. The molecule has 4 rings (SSSR count). The SMILES string of the molecule is CC(=O)Nc1cccc(C(=O)NCCc2c3c(n4ccccc24)C(=O)CCC3)c1. The lowest BCUT2D eigenvalue weighted by atomic mass is 9.92. The van der Waals surface area contributed by atoms with Crippen LogP contribution >= 0.6 is 0 Å². The average Bonchev–Trinajstić information content (AvgIpc) is 3.03. The van der Waals surface area contributed by atoms with Gasteiger partial charge in [0.2, 0.25) is 5.91 Å². The van der Waals surface area contributed by atoms with Crippen LogP contribution in [0.25, 0.3) is 5.52 Å². The van der Waals surface area contributed by atoms with E-state index >= 15 is 0 Å². The molecule has 6 nitrogen and oxygen atoms in total. The number of anilines is 1. The molecular weight excluding hydrogens is 366 g/mol. The standard InChI is InChI=1S/C23H23N3O3/c1-15(27)25-17-7-4-6-16(14-17)23(29)24-12-11-18-19-8-5-10-21(28)22(19)26-13-3-2-9-20(18)26/h2-4,6-7,9,13-14H,5,8,10-12H2,1H3,(H,24,29)(H,25,27). The molecule has 1 aliphatic carbocycles. The number of hydrogen-bond acceptors (Lipinski definition) is 3. The zero-order valence-corrected chi connectivity index (χ0v) is 16.3. The molecule has 148 valence electrons. The quantitative estimate of drug-likeness (QED) is 0.702. The van der Waals surface area contributed by atoms with Crippen molar-refractivity contribution in [1.29, 1.82) is 0 Å². The summed E-state index contributed by atoms with van der Waals surface area (Å²) in [6.07, 6.45) is 4.96. The molecule has 0 atom stereocenters. The largest absolute Gasteiger partial charge is 0.352 e. The van der Waals surface area contributed by atoms with E-state index in [4.69, 9.17) is 0 Å². The fourth-order valence-electron chi connectivity index (χ4n) is 4.07. The van der Waals surface area contributed by atoms with E-state index in [-0.39, 0.29) is 17.6 Å². The summed E-state index contributed by atoms with van der Waals surface area (Å²) in [4.78, 5) is 36.2. The first-order chi connectivity index (χ1) is 14.0. The molecule has 0 saturated heterocycles. The van der Waals surface area contributed by atoms with Crippen molar-refractivity contribution in [2.75, 3.05) is 11.9 Å². The van der Waals surface area contributed by atoms with Crippen molar-refractivity contribution in [3.8, 4) is 0 Å². The summed E-state index contributed by atoms with van der Waals surface area (Å²) in [6.45, 7) is 1.90. The molecule has 2 N–H and O–H groups in total. The molecule has 2 amide bonds. The van der Waals surface area contributed by atoms with E-state index in [2.05, 4.69) is 10.6 Å². The summed E-state index contributed by atoms with van der Waals surface area (Å²) in [5, 5.41) is 5.64. The van der Waals surface area contributed by atoms with Gasteiger partial charge in [-0.05, 0) is 60.7 Å². The van der Waals surface area contributed by atoms with E-state index in [9.17, 15) is 14.4 Å². The second-order valence-corrected chi connectivity index (χ2v) is 7.31. The first kappa shape index (κ1) is 18.9. The minimum Gasteiger partial charge on any atom is -0.352 e. The van der Waals surface area contributed by atoms with Crippen LogP contribution in [-0.2, 0) is 17.6 Å². The summed E-state index contributed by atoms with van der Waals surface area (Å²) in [5.41, 5.74) is 5.19. The fourth-order valence-corrected chi connectivity index (χ4v) is 4.07. The van der Waals surface area contributed by atoms with Crippen molar-refractivity contribution in [3.05, 3.63) is 71.0 Å². The van der Waals surface area contributed by atoms with Crippen LogP contribution in [0.4, 0.5) is 5.69 Å². The zero-order valence-electron chi connectivity index (χ0n) is 16.3. The Morgan fingerprint density at radius 2 is 1.97 bits per heavy atom. The molecule has 6 heteroatoms. The lowest BCUT2D eigenvalue weighted by Crippen LogP contribution is -2.26. The van der Waals surface area contributed by atoms with Crippen molar-refractivity contribution in [2.24, 2.45) is 0 Å². The Morgan fingerprint density at radius 1 is 1.10 bits per heavy atom. The highest BCUT2D eigenvalue weighted by Gasteiger charge is 2.25. The molecule has 0 saturated carbocycles. The van der Waals surface area contributed by atoms with Crippen LogP contribution in [0.5, 0.6) is 0 Å². The zero-order chi connectivity index (χ0) is 20.4. The van der Waals surface area contributed by atoms with Crippen LogP contribution in [0.15, 0.2) is 48.7 Å². The Bertz CT molecular complexity index is 1110. The Kier molecular flexibility index (Phi) is 5.16. The first-order valence-corrected chi connectivity index (χ1v) is 9.84. The molecule has 1 aromatic carbocycles. The second-order valence-electron chi connectivity index (χ2n) is 7.31. The molecule has 2 heterocycles. The average molecular weight is 389 g/mol. The molecule has 3 aromatic rings. The van der Waals surface area contributed by atoms with Crippen LogP contribution in [0.1, 0.15) is 51.7 Å². The lowest BCUT2D eigenvalue weighted by molar-refractivity contribution is -0.114. The maximum atomic E-state index is 12.5. The van der Waals surface area contributed by atoms with Crippen LogP contribution in [-0.4, -0.2) is 28.5 Å². The summed E-state index contributed by atoms with van der Waals surface area (Å²) >= 11 is 0. The molecule has 29 heavy (non-hydrogen) atoms. The number of nitrogens with zero attached hydrogens (tertiary/aromatic N) is 1. The van der Waals surface area contributed by atoms with Crippen molar-refractivity contribution >= 4 is 28.8 Å². The number of carbonyl (C=O) groups is 3. The molecule has 0 aliphatic heterocycles. The van der Waals surface area contributed by atoms with Crippen LogP contribution in [0, 0.1) is 0 Å². The molecule has 2 aromatic heterocycles. The van der Waals surface area contributed by atoms with Gasteiger partial charge in [0.1, 0.15) is 0 Å². The maximum Gasteiger partial charge on any atom is 0.251 e. The van der Waals surface area contributed by atoms with Crippen LogP contribution in [0.3, 0.4) is 0 Å². The Hall–Kier alpha value is -3.41. The van der Waals surface area contributed by atoms with E-state index in [0.29, 0.717) is 30.6 Å². The van der Waals surface area contributed by atoms with Gasteiger partial charge in [-0.25, -0.2) is 0 Å². The third kappa shape index (κ3) is 3.78. The highest BCUT2D eigenvalue weighted by Crippen LogP contribution is 2.30. The first-order valence-electron chi connectivity index (χ1n) is 9.84. The predicted molar refractivity (Wildman–Crippen MR) is 111 cm³/mol. The van der Waals surface area contributed by atoms with E-state index in [1.54, 1.807) is 24.3 Å². The molecule has 0 fully saturated rings. The van der Waals surface area contributed by atoms with Gasteiger partial charge < -0.3 is 15.0 Å². The minimum atomic E-state index is -0.189. The predicted octanol–water partition coefficient (Wildman–Crippen LogP) is 3.39. The third-order valence-corrected chi connectivity index (χ3v) is 5.26. The fraction of sp³-hybridized carbons (Fsp3) is 0.261.